The summed E-state index contributed by atoms with van der Waals surface area (Å²) in [5.41, 5.74) is 43.7. The molecule has 0 spiro atoms. The van der Waals surface area contributed by atoms with E-state index >= 15 is 0 Å². The fourth-order valence-corrected chi connectivity index (χ4v) is 14.5. The van der Waals surface area contributed by atoms with Crippen LogP contribution in [0.25, 0.3) is 44.5 Å². The molecule has 704 valence electrons. The highest BCUT2D eigenvalue weighted by atomic mass is 127. The number of carbonyl (C=O) groups excluding carboxylic acids is 6. The van der Waals surface area contributed by atoms with Gasteiger partial charge in [-0.25, -0.2) is 28.8 Å². The molecule has 0 aromatic heterocycles. The zero-order valence-electron chi connectivity index (χ0n) is 77.8. The Hall–Kier alpha value is -15.8. The Labute approximate surface area is 817 Å². The second kappa shape index (κ2) is 51.3. The molecular formula is C106H106I2N8O20. The van der Waals surface area contributed by atoms with E-state index in [1.807, 2.05) is 226 Å². The van der Waals surface area contributed by atoms with Crippen molar-refractivity contribution in [2.24, 2.45) is 0 Å². The van der Waals surface area contributed by atoms with Crippen molar-refractivity contribution in [1.82, 2.24) is 0 Å². The number of nitrogen functional groups attached to an aromatic ring is 4. The van der Waals surface area contributed by atoms with E-state index < -0.39 is 23.9 Å². The average Bonchev–Trinajstić information content (AvgIpc) is 0.820. The predicted molar refractivity (Wildman–Crippen MR) is 552 cm³/mol. The highest BCUT2D eigenvalue weighted by Gasteiger charge is 2.22. The molecule has 136 heavy (non-hydrogen) atoms. The molecule has 0 fully saturated rings. The quantitative estimate of drug-likeness (QED) is 0.0108. The van der Waals surface area contributed by atoms with Gasteiger partial charge in [-0.3, -0.25) is 0 Å². The van der Waals surface area contributed by atoms with Crippen molar-refractivity contribution < 1.29 is 95.1 Å². The lowest BCUT2D eigenvalue weighted by Crippen LogP contribution is -2.06. The van der Waals surface area contributed by atoms with E-state index in [0.29, 0.717) is 136 Å². The monoisotopic (exact) mass is 2060 g/mol. The Balaban J connectivity index is 0.000000192. The first kappa shape index (κ1) is 104. The van der Waals surface area contributed by atoms with Crippen LogP contribution in [0.2, 0.25) is 0 Å². The van der Waals surface area contributed by atoms with E-state index in [2.05, 4.69) is 75.9 Å². The van der Waals surface area contributed by atoms with Crippen LogP contribution in [0.4, 0.5) is 68.2 Å². The number of esters is 6. The number of methoxy groups -OCH3 is 14. The van der Waals surface area contributed by atoms with Crippen molar-refractivity contribution in [2.45, 2.75) is 13.8 Å². The summed E-state index contributed by atoms with van der Waals surface area (Å²) < 4.78 is 74.0. The number of aryl methyl sites for hydroxylation is 2. The highest BCUT2D eigenvalue weighted by Crippen LogP contribution is 2.42. The summed E-state index contributed by atoms with van der Waals surface area (Å²) >= 11 is 4.21. The van der Waals surface area contributed by atoms with Gasteiger partial charge in [0.05, 0.1) is 201 Å². The van der Waals surface area contributed by atoms with Crippen LogP contribution in [0.3, 0.4) is 0 Å². The van der Waals surface area contributed by atoms with E-state index in [4.69, 9.17) is 79.8 Å². The maximum atomic E-state index is 12.3. The standard InChI is InChI=1S/C31H30N2O6.2C22H22N2O4.C14H16N2O2.C9H9IO2.C8H7IO2/c1-19-10-13-25(23(16-19)31(35)39-5)33-27-15-12-21(18-29(27)37-3)20-11-14-26(28(17-20)36-2)32-24-9-7-6-8-22(24)30(34)38-4;2*1-26-20-12-14(8-10-17(20)23)15-9-11-19(21(13-15)27-2)24-18-7-5-4-6-16(18)22(25)28-3;1-17-13-7-9(3-5-11(13)15)10-4-6-12(16)14(8-10)18-2;1-6-3-4-8(10)7(5-6)9(11)12-2;1-11-8(10)6-4-2-3-5-7(6)9/h6-18,32-33H,1-5H3;2*4-13,24H,23H2,1-3H3;3-8H,15-16H2,1-2H3;3-5H,1-2H3;2-5H,1H3. The minimum Gasteiger partial charge on any atom is -0.495 e. The number of rotatable bonds is 26. The van der Waals surface area contributed by atoms with Gasteiger partial charge in [0.15, 0.2) is 0 Å². The second-order valence-corrected chi connectivity index (χ2v) is 31.4. The SMILES string of the molecule is COC(=O)c1cc(C)ccc1I.COC(=O)c1ccccc1I.COC(=O)c1ccccc1Nc1ccc(-c2ccc(N)c(OC)c2)cc1OC.COC(=O)c1ccccc1Nc1ccc(-c2ccc(N)c(OC)c2)cc1OC.COC(=O)c1ccccc1Nc1ccc(-c2ccc(Nc3ccc(C)cc3C(=O)OC)c(OC)c2)cc1OC.COc1cc(-c2ccc(N)c(OC)c2)ccc1N. The summed E-state index contributed by atoms with van der Waals surface area (Å²) in [4.78, 5) is 70.6. The molecule has 0 aliphatic rings. The van der Waals surface area contributed by atoms with Gasteiger partial charge in [0.25, 0.3) is 0 Å². The number of nitrogens with one attached hydrogen (secondary N) is 4. The third kappa shape index (κ3) is 27.7. The number of carbonyl (C=O) groups is 6. The summed E-state index contributed by atoms with van der Waals surface area (Å²) in [5, 5.41) is 13.1. The number of halogens is 2. The summed E-state index contributed by atoms with van der Waals surface area (Å²) in [6.07, 6.45) is 0. The Morgan fingerprint density at radius 3 is 0.676 bits per heavy atom. The third-order valence-corrected chi connectivity index (χ3v) is 22.4. The zero-order chi connectivity index (χ0) is 98.7. The predicted octanol–water partition coefficient (Wildman–Crippen LogP) is 22.7. The van der Waals surface area contributed by atoms with E-state index in [9.17, 15) is 28.8 Å². The first-order valence-electron chi connectivity index (χ1n) is 41.5. The molecule has 0 amide bonds. The van der Waals surface area contributed by atoms with Crippen LogP contribution in [0.15, 0.2) is 279 Å². The van der Waals surface area contributed by atoms with Crippen LogP contribution in [-0.2, 0) is 28.4 Å². The lowest BCUT2D eigenvalue weighted by atomic mass is 10.0. The van der Waals surface area contributed by atoms with Gasteiger partial charge in [0.2, 0.25) is 0 Å². The van der Waals surface area contributed by atoms with Crippen LogP contribution >= 0.6 is 45.2 Å². The van der Waals surface area contributed by atoms with Crippen molar-refractivity contribution in [3.8, 4) is 90.5 Å². The lowest BCUT2D eigenvalue weighted by molar-refractivity contribution is 0.0590. The van der Waals surface area contributed by atoms with E-state index in [1.165, 1.54) is 42.7 Å². The van der Waals surface area contributed by atoms with Gasteiger partial charge in [-0.1, -0.05) is 120 Å². The lowest BCUT2D eigenvalue weighted by Gasteiger charge is -2.17. The van der Waals surface area contributed by atoms with Crippen molar-refractivity contribution in [3.05, 3.63) is 331 Å². The molecule has 14 rings (SSSR count). The smallest absolute Gasteiger partial charge is 0.339 e. The van der Waals surface area contributed by atoms with E-state index in [-0.39, 0.29) is 11.9 Å². The fraction of sp³-hybridized carbons (Fsp3) is 0.151. The van der Waals surface area contributed by atoms with Crippen molar-refractivity contribution >= 4 is 149 Å². The van der Waals surface area contributed by atoms with Crippen LogP contribution < -0.4 is 82.1 Å². The van der Waals surface area contributed by atoms with Crippen molar-refractivity contribution in [3.63, 3.8) is 0 Å². The molecule has 0 unspecified atom stereocenters. The number of anilines is 12. The fourth-order valence-electron chi connectivity index (χ4n) is 13.4. The van der Waals surface area contributed by atoms with Gasteiger partial charge in [-0.2, -0.15) is 0 Å². The van der Waals surface area contributed by atoms with E-state index in [0.717, 1.165) is 74.1 Å². The first-order chi connectivity index (χ1) is 65.6. The maximum Gasteiger partial charge on any atom is 0.339 e. The Morgan fingerprint density at radius 2 is 0.404 bits per heavy atom. The molecule has 0 radical (unpaired) electrons. The van der Waals surface area contributed by atoms with Gasteiger partial charge in [-0.15, -0.1) is 0 Å². The number of hydrogen-bond acceptors (Lipinski definition) is 28. The van der Waals surface area contributed by atoms with Gasteiger partial charge < -0.3 is 111 Å². The number of ether oxygens (including phenoxy) is 14. The Kier molecular flexibility index (Phi) is 39.1. The summed E-state index contributed by atoms with van der Waals surface area (Å²) in [6.45, 7) is 3.86. The molecule has 0 bridgehead atoms. The molecule has 0 aliphatic carbocycles. The van der Waals surface area contributed by atoms with Gasteiger partial charge in [0, 0.05) is 7.14 Å². The van der Waals surface area contributed by atoms with Gasteiger partial charge >= 0.3 is 35.8 Å². The number of benzene rings is 14. The summed E-state index contributed by atoms with van der Waals surface area (Å²) in [6, 6.07) is 85.4. The third-order valence-electron chi connectivity index (χ3n) is 20.5. The molecule has 0 aliphatic heterocycles. The normalized spacial score (nSPS) is 10.1. The molecule has 0 saturated carbocycles. The van der Waals surface area contributed by atoms with E-state index in [1.54, 1.807) is 124 Å². The molecule has 0 saturated heterocycles. The molecule has 14 aromatic rings. The van der Waals surface area contributed by atoms with Crippen LogP contribution in [0.5, 0.6) is 46.0 Å². The minimum absolute atomic E-state index is 0.275. The first-order valence-corrected chi connectivity index (χ1v) is 43.7. The molecule has 30 heteroatoms. The van der Waals surface area contributed by atoms with Gasteiger partial charge in [-0.05, 0) is 273 Å². The molecule has 0 atom stereocenters. The summed E-state index contributed by atoms with van der Waals surface area (Å²) in [7, 11) is 20.9. The van der Waals surface area contributed by atoms with Crippen molar-refractivity contribution in [1.29, 1.82) is 0 Å². The average molecular weight is 2070 g/mol. The largest absolute Gasteiger partial charge is 0.495 e. The topological polar surface area (TPSA) is 384 Å². The Bertz CT molecular complexity index is 6340. The minimum atomic E-state index is -0.432. The second-order valence-electron chi connectivity index (χ2n) is 29.1. The zero-order valence-corrected chi connectivity index (χ0v) is 82.1. The van der Waals surface area contributed by atoms with Crippen molar-refractivity contribution in [2.75, 3.05) is 144 Å². The number of para-hydroxylation sites is 3. The summed E-state index contributed by atoms with van der Waals surface area (Å²) in [5.74, 6) is 2.76. The molecule has 0 heterocycles. The molecular weight excluding hydrogens is 1960 g/mol. The number of nitrogens with two attached hydrogens (primary N) is 4. The van der Waals surface area contributed by atoms with Gasteiger partial charge in [0.1, 0.15) is 46.0 Å². The van der Waals surface area contributed by atoms with Crippen LogP contribution in [0, 0.1) is 21.0 Å². The number of hydrogen-bond donors (Lipinski definition) is 8. The molecule has 12 N–H and O–H groups in total. The van der Waals surface area contributed by atoms with Crippen LogP contribution in [0.1, 0.15) is 73.3 Å². The highest BCUT2D eigenvalue weighted by molar-refractivity contribution is 14.1. The van der Waals surface area contributed by atoms with Crippen LogP contribution in [-0.4, -0.2) is 135 Å². The molecule has 14 aromatic carbocycles. The Morgan fingerprint density at radius 1 is 0.206 bits per heavy atom. The molecule has 28 nitrogen and oxygen atoms in total. The maximum absolute atomic E-state index is 12.3.